The highest BCUT2D eigenvalue weighted by atomic mass is 35.5. The van der Waals surface area contributed by atoms with Gasteiger partial charge in [-0.2, -0.15) is 0 Å². The maximum Gasteiger partial charge on any atom is 0.350 e. The molecule has 34 heavy (non-hydrogen) atoms. The van der Waals surface area contributed by atoms with E-state index in [2.05, 4.69) is 10.3 Å². The van der Waals surface area contributed by atoms with Crippen LogP contribution in [0.3, 0.4) is 0 Å². The van der Waals surface area contributed by atoms with Gasteiger partial charge in [-0.05, 0) is 50.2 Å². The predicted molar refractivity (Wildman–Crippen MR) is 130 cm³/mol. The number of benzene rings is 2. The molecule has 1 aliphatic rings. The molecule has 1 unspecified atom stereocenters. The number of anilines is 2. The molecule has 10 heteroatoms. The number of fused-ring (bicyclic) bond motifs is 1. The van der Waals surface area contributed by atoms with Crippen molar-refractivity contribution in [3.05, 3.63) is 69.1 Å². The van der Waals surface area contributed by atoms with Gasteiger partial charge in [-0.3, -0.25) is 9.59 Å². The van der Waals surface area contributed by atoms with Crippen LogP contribution in [-0.2, 0) is 20.9 Å². The van der Waals surface area contributed by atoms with E-state index in [0.717, 1.165) is 11.3 Å². The largest absolute Gasteiger partial charge is 0.486 e. The predicted octanol–water partition coefficient (Wildman–Crippen LogP) is 4.60. The number of carbonyl (C=O) groups excluding carboxylic acids is 3. The third kappa shape index (κ3) is 5.37. The summed E-state index contributed by atoms with van der Waals surface area (Å²) < 4.78 is 11.0. The normalized spacial score (nSPS) is 15.2. The standard InChI is InChI=1S/C24H22ClN3O5S/c1-14-11-20(29)27-18-5-3-4-6-19(18)28(14)22(30)13-33-24(31)23-15(2)26-21(34-23)12-32-17-9-7-16(25)8-10-17/h3-10,14H,11-13H2,1-2H3,(H,27,29). The summed E-state index contributed by atoms with van der Waals surface area (Å²) in [5.74, 6) is -0.600. The molecule has 1 N–H and O–H groups in total. The van der Waals surface area contributed by atoms with Crippen LogP contribution in [0.5, 0.6) is 5.75 Å². The van der Waals surface area contributed by atoms with E-state index < -0.39 is 24.5 Å². The van der Waals surface area contributed by atoms with Crippen LogP contribution in [-0.4, -0.2) is 35.4 Å². The molecule has 0 fully saturated rings. The van der Waals surface area contributed by atoms with Crippen LogP contribution in [0.1, 0.15) is 33.7 Å². The van der Waals surface area contributed by atoms with E-state index in [1.807, 2.05) is 0 Å². The lowest BCUT2D eigenvalue weighted by atomic mass is 10.1. The second kappa shape index (κ2) is 10.2. The van der Waals surface area contributed by atoms with Crippen molar-refractivity contribution in [3.8, 4) is 5.75 Å². The zero-order valence-electron chi connectivity index (χ0n) is 18.5. The number of hydrogen-bond donors (Lipinski definition) is 1. The first-order valence-corrected chi connectivity index (χ1v) is 11.7. The lowest BCUT2D eigenvalue weighted by Crippen LogP contribution is -2.41. The summed E-state index contributed by atoms with van der Waals surface area (Å²) in [5, 5.41) is 4.01. The first-order valence-electron chi connectivity index (χ1n) is 10.5. The summed E-state index contributed by atoms with van der Waals surface area (Å²) in [4.78, 5) is 44.0. The Labute approximate surface area is 205 Å². The highest BCUT2D eigenvalue weighted by Gasteiger charge is 2.30. The lowest BCUT2D eigenvalue weighted by Gasteiger charge is -2.27. The highest BCUT2D eigenvalue weighted by molar-refractivity contribution is 7.13. The van der Waals surface area contributed by atoms with Crippen LogP contribution in [0, 0.1) is 6.92 Å². The van der Waals surface area contributed by atoms with Gasteiger partial charge in [-0.15, -0.1) is 11.3 Å². The molecule has 0 spiro atoms. The minimum Gasteiger partial charge on any atom is -0.486 e. The van der Waals surface area contributed by atoms with Crippen LogP contribution >= 0.6 is 22.9 Å². The van der Waals surface area contributed by atoms with Crippen molar-refractivity contribution in [2.75, 3.05) is 16.8 Å². The van der Waals surface area contributed by atoms with Crippen molar-refractivity contribution in [1.82, 2.24) is 4.98 Å². The first kappa shape index (κ1) is 23.7. The maximum atomic E-state index is 13.0. The topological polar surface area (TPSA) is 97.8 Å². The Bertz CT molecular complexity index is 1230. The minimum atomic E-state index is -0.633. The van der Waals surface area contributed by atoms with Gasteiger partial charge in [0.2, 0.25) is 5.91 Å². The molecule has 0 saturated carbocycles. The Morgan fingerprint density at radius 3 is 2.71 bits per heavy atom. The summed E-state index contributed by atoms with van der Waals surface area (Å²) in [6.07, 6.45) is 0.138. The van der Waals surface area contributed by atoms with Crippen LogP contribution in [0.4, 0.5) is 11.4 Å². The Morgan fingerprint density at radius 1 is 1.21 bits per heavy atom. The number of carbonyl (C=O) groups is 3. The molecule has 4 rings (SSSR count). The maximum absolute atomic E-state index is 13.0. The van der Waals surface area contributed by atoms with Gasteiger partial charge in [0.25, 0.3) is 5.91 Å². The molecular weight excluding hydrogens is 478 g/mol. The number of ether oxygens (including phenoxy) is 2. The van der Waals surface area contributed by atoms with Crippen LogP contribution in [0.25, 0.3) is 0 Å². The van der Waals surface area contributed by atoms with Crippen LogP contribution < -0.4 is 15.0 Å². The number of esters is 1. The number of halogens is 1. The fourth-order valence-corrected chi connectivity index (χ4v) is 4.61. The van der Waals surface area contributed by atoms with E-state index in [-0.39, 0.29) is 18.9 Å². The van der Waals surface area contributed by atoms with Crippen LogP contribution in [0.2, 0.25) is 5.02 Å². The number of amides is 2. The van der Waals surface area contributed by atoms with Crippen molar-refractivity contribution in [1.29, 1.82) is 0 Å². The fourth-order valence-electron chi connectivity index (χ4n) is 3.61. The summed E-state index contributed by atoms with van der Waals surface area (Å²) in [5.41, 5.74) is 1.61. The molecule has 1 aromatic heterocycles. The number of rotatable bonds is 6. The van der Waals surface area contributed by atoms with Gasteiger partial charge < -0.3 is 19.7 Å². The van der Waals surface area contributed by atoms with Gasteiger partial charge in [0.1, 0.15) is 22.2 Å². The summed E-state index contributed by atoms with van der Waals surface area (Å²) in [6.45, 7) is 3.20. The third-order valence-corrected chi connectivity index (χ3v) is 6.52. The molecule has 0 saturated heterocycles. The van der Waals surface area contributed by atoms with E-state index in [4.69, 9.17) is 21.1 Å². The summed E-state index contributed by atoms with van der Waals surface area (Å²) >= 11 is 7.03. The molecule has 8 nitrogen and oxygen atoms in total. The Balaban J connectivity index is 1.40. The zero-order chi connectivity index (χ0) is 24.2. The van der Waals surface area contributed by atoms with E-state index in [0.29, 0.717) is 37.7 Å². The van der Waals surface area contributed by atoms with Gasteiger partial charge in [0.15, 0.2) is 6.61 Å². The molecule has 0 radical (unpaired) electrons. The Hall–Kier alpha value is -3.43. The zero-order valence-corrected chi connectivity index (χ0v) is 20.1. The number of hydrogen-bond acceptors (Lipinski definition) is 7. The molecule has 3 aromatic rings. The second-order valence-corrected chi connectivity index (χ2v) is 9.24. The number of aryl methyl sites for hydroxylation is 1. The molecular formula is C24H22ClN3O5S. The lowest BCUT2D eigenvalue weighted by molar-refractivity contribution is -0.122. The van der Waals surface area contributed by atoms with Gasteiger partial charge in [-0.1, -0.05) is 23.7 Å². The average molecular weight is 500 g/mol. The van der Waals surface area contributed by atoms with E-state index in [1.54, 1.807) is 62.4 Å². The van der Waals surface area contributed by atoms with Gasteiger partial charge >= 0.3 is 5.97 Å². The summed E-state index contributed by atoms with van der Waals surface area (Å²) in [7, 11) is 0. The molecule has 0 bridgehead atoms. The van der Waals surface area contributed by atoms with Crippen molar-refractivity contribution in [2.45, 2.75) is 32.9 Å². The molecule has 1 atom stereocenters. The van der Waals surface area contributed by atoms with Crippen molar-refractivity contribution in [2.24, 2.45) is 0 Å². The van der Waals surface area contributed by atoms with Crippen molar-refractivity contribution < 1.29 is 23.9 Å². The number of thiazole rings is 1. The van der Waals surface area contributed by atoms with E-state index >= 15 is 0 Å². The van der Waals surface area contributed by atoms with E-state index in [1.165, 1.54) is 4.90 Å². The second-order valence-electron chi connectivity index (χ2n) is 7.72. The molecule has 176 valence electrons. The quantitative estimate of drug-likeness (QED) is 0.497. The molecule has 0 aliphatic carbocycles. The van der Waals surface area contributed by atoms with Crippen molar-refractivity contribution in [3.63, 3.8) is 0 Å². The van der Waals surface area contributed by atoms with E-state index in [9.17, 15) is 14.4 Å². The van der Waals surface area contributed by atoms with Gasteiger partial charge in [0, 0.05) is 17.5 Å². The minimum absolute atomic E-state index is 0.138. The first-order chi connectivity index (χ1) is 16.3. The number of nitrogens with zero attached hydrogens (tertiary/aromatic N) is 2. The van der Waals surface area contributed by atoms with Gasteiger partial charge in [0.05, 0.1) is 17.1 Å². The smallest absolute Gasteiger partial charge is 0.350 e. The number of para-hydroxylation sites is 2. The Morgan fingerprint density at radius 2 is 1.94 bits per heavy atom. The molecule has 2 heterocycles. The summed E-state index contributed by atoms with van der Waals surface area (Å²) in [6, 6.07) is 13.6. The average Bonchev–Trinajstić information content (AvgIpc) is 3.12. The number of aromatic nitrogens is 1. The monoisotopic (exact) mass is 499 g/mol. The molecule has 2 aromatic carbocycles. The molecule has 2 amide bonds. The van der Waals surface area contributed by atoms with Crippen LogP contribution in [0.15, 0.2) is 48.5 Å². The number of nitrogens with one attached hydrogen (secondary N) is 1. The highest BCUT2D eigenvalue weighted by Crippen LogP contribution is 2.31. The SMILES string of the molecule is Cc1nc(COc2ccc(Cl)cc2)sc1C(=O)OCC(=O)N1c2ccccc2NC(=O)CC1C. The molecule has 1 aliphatic heterocycles. The van der Waals surface area contributed by atoms with Gasteiger partial charge in [-0.25, -0.2) is 9.78 Å². The third-order valence-electron chi connectivity index (χ3n) is 5.16. The van der Waals surface area contributed by atoms with Crippen molar-refractivity contribution >= 4 is 52.1 Å². The fraction of sp³-hybridized carbons (Fsp3) is 0.250. The Kier molecular flexibility index (Phi) is 7.14.